The number of halogens is 2. The van der Waals surface area contributed by atoms with Gasteiger partial charge in [-0.05, 0) is 11.8 Å². The SMILES string of the molecule is CC[Si].Cc1cc2c(C(C)C)cccc2[cH-]1.Cc1cc2c(C(C)C)cccc2[cH-]1.[CH2-]C.[Cl][Zr][Cl]. The van der Waals surface area contributed by atoms with E-state index < -0.39 is 20.8 Å². The minimum atomic E-state index is -0.826. The molecule has 4 aromatic rings. The van der Waals surface area contributed by atoms with E-state index >= 15 is 0 Å². The summed E-state index contributed by atoms with van der Waals surface area (Å²) in [6.07, 6.45) is 0. The summed E-state index contributed by atoms with van der Waals surface area (Å²) >= 11 is -0.826. The molecule has 4 rings (SSSR count). The van der Waals surface area contributed by atoms with E-state index in [0.717, 1.165) is 6.04 Å². The third kappa shape index (κ3) is 10.9. The van der Waals surface area contributed by atoms with Gasteiger partial charge in [-0.25, -0.2) is 0 Å². The van der Waals surface area contributed by atoms with E-state index in [2.05, 4.69) is 119 Å². The molecule has 0 heterocycles. The molecule has 0 spiro atoms. The zero-order valence-corrected chi connectivity index (χ0v) is 27.1. The topological polar surface area (TPSA) is 0 Å². The van der Waals surface area contributed by atoms with Gasteiger partial charge < -0.3 is 6.92 Å². The van der Waals surface area contributed by atoms with Gasteiger partial charge in [0.05, 0.1) is 0 Å². The van der Waals surface area contributed by atoms with Crippen LogP contribution in [0, 0.1) is 20.8 Å². The molecule has 0 bridgehead atoms. The van der Waals surface area contributed by atoms with Crippen LogP contribution in [-0.2, 0) is 20.8 Å². The third-order valence-electron chi connectivity index (χ3n) is 5.10. The Labute approximate surface area is 231 Å². The Morgan fingerprint density at radius 1 is 0.794 bits per heavy atom. The molecule has 0 aromatic heterocycles. The predicted molar refractivity (Wildman–Crippen MR) is 156 cm³/mol. The predicted octanol–water partition coefficient (Wildman–Crippen LogP) is 10.8. The van der Waals surface area contributed by atoms with E-state index in [1.54, 1.807) is 6.92 Å². The molecule has 0 aliphatic carbocycles. The Bertz CT molecular complexity index is 974. The third-order valence-corrected chi connectivity index (χ3v) is 5.10. The van der Waals surface area contributed by atoms with Gasteiger partial charge in [-0.15, -0.1) is 69.1 Å². The standard InChI is InChI=1S/2C13H15.C2H5Si.C2H5.2ClH.Zr/c2*1-9(2)12-6-4-5-11-7-10(3)8-13(11)12;1-2-3;1-2;;;/h2*4-9H,1-3H3;2H2,1H3;1H2,2H3;2*1H;/q2*-1;;-1;;;+2/p-2. The summed E-state index contributed by atoms with van der Waals surface area (Å²) in [4.78, 5) is 0. The summed E-state index contributed by atoms with van der Waals surface area (Å²) in [5, 5.41) is 5.61. The van der Waals surface area contributed by atoms with E-state index in [1.165, 1.54) is 43.8 Å². The molecule has 3 radical (unpaired) electrons. The van der Waals surface area contributed by atoms with Gasteiger partial charge in [0.1, 0.15) is 0 Å². The van der Waals surface area contributed by atoms with Gasteiger partial charge in [0.25, 0.3) is 0 Å². The Morgan fingerprint density at radius 2 is 1.09 bits per heavy atom. The van der Waals surface area contributed by atoms with E-state index in [9.17, 15) is 0 Å². The van der Waals surface area contributed by atoms with Crippen molar-refractivity contribution in [2.24, 2.45) is 0 Å². The fourth-order valence-electron chi connectivity index (χ4n) is 3.82. The second-order valence-corrected chi connectivity index (χ2v) is 12.9. The number of benzene rings is 2. The van der Waals surface area contributed by atoms with Gasteiger partial charge in [0, 0.05) is 10.2 Å². The molecule has 4 heteroatoms. The van der Waals surface area contributed by atoms with Crippen molar-refractivity contribution in [1.29, 1.82) is 0 Å². The Balaban J connectivity index is 0.000000493. The molecule has 0 nitrogen and oxygen atoms in total. The van der Waals surface area contributed by atoms with Crippen LogP contribution in [0.4, 0.5) is 0 Å². The number of aryl methyl sites for hydroxylation is 2. The summed E-state index contributed by atoms with van der Waals surface area (Å²) in [6, 6.07) is 23.3. The molecular formula is C30H40Cl2SiZr-3. The summed E-state index contributed by atoms with van der Waals surface area (Å²) in [7, 11) is 13.1. The second kappa shape index (κ2) is 18.6. The Kier molecular flexibility index (Phi) is 18.2. The zero-order chi connectivity index (χ0) is 26.3. The number of hydrogen-bond acceptors (Lipinski definition) is 0. The van der Waals surface area contributed by atoms with Gasteiger partial charge in [0.2, 0.25) is 0 Å². The maximum atomic E-state index is 4.93. The van der Waals surface area contributed by atoms with Crippen molar-refractivity contribution in [2.45, 2.75) is 73.3 Å². The average Bonchev–Trinajstić information content (AvgIpc) is 3.36. The number of rotatable bonds is 2. The van der Waals surface area contributed by atoms with Crippen LogP contribution in [0.2, 0.25) is 6.04 Å². The molecule has 0 saturated carbocycles. The molecule has 185 valence electrons. The molecule has 0 atom stereocenters. The van der Waals surface area contributed by atoms with E-state index in [4.69, 9.17) is 17.0 Å². The summed E-state index contributed by atoms with van der Waals surface area (Å²) in [5.41, 5.74) is 5.66. The van der Waals surface area contributed by atoms with E-state index in [1.807, 2.05) is 6.92 Å². The van der Waals surface area contributed by atoms with Crippen molar-refractivity contribution in [1.82, 2.24) is 0 Å². The zero-order valence-electron chi connectivity index (χ0n) is 22.1. The van der Waals surface area contributed by atoms with Crippen LogP contribution in [0.25, 0.3) is 21.5 Å². The Hall–Kier alpha value is -0.660. The first-order chi connectivity index (χ1) is 16.2. The Morgan fingerprint density at radius 3 is 1.35 bits per heavy atom. The molecule has 4 aromatic carbocycles. The monoisotopic (exact) mass is 588 g/mol. The van der Waals surface area contributed by atoms with Crippen molar-refractivity contribution in [2.75, 3.05) is 0 Å². The molecule has 0 aliphatic heterocycles. The summed E-state index contributed by atoms with van der Waals surface area (Å²) in [6.45, 7) is 20.3. The van der Waals surface area contributed by atoms with Gasteiger partial charge in [-0.1, -0.05) is 77.8 Å². The first-order valence-electron chi connectivity index (χ1n) is 11.8. The molecule has 0 N–H and O–H groups in total. The molecular weight excluding hydrogens is 551 g/mol. The second-order valence-electron chi connectivity index (χ2n) is 8.50. The molecule has 0 amide bonds. The van der Waals surface area contributed by atoms with Crippen molar-refractivity contribution >= 4 is 48.8 Å². The van der Waals surface area contributed by atoms with Crippen molar-refractivity contribution < 1.29 is 20.8 Å². The molecule has 0 aliphatic rings. The summed E-state index contributed by atoms with van der Waals surface area (Å²) < 4.78 is 0. The molecule has 0 fully saturated rings. The summed E-state index contributed by atoms with van der Waals surface area (Å²) in [5.74, 6) is 1.23. The normalized spacial score (nSPS) is 9.82. The van der Waals surface area contributed by atoms with Gasteiger partial charge >= 0.3 is 37.9 Å². The van der Waals surface area contributed by atoms with Crippen LogP contribution >= 0.6 is 17.0 Å². The number of hydrogen-bond donors (Lipinski definition) is 0. The average molecular weight is 591 g/mol. The fraction of sp³-hybridized carbons (Fsp3) is 0.367. The van der Waals surface area contributed by atoms with Crippen LogP contribution in [0.5, 0.6) is 0 Å². The van der Waals surface area contributed by atoms with Crippen LogP contribution in [0.3, 0.4) is 0 Å². The van der Waals surface area contributed by atoms with Crippen LogP contribution in [0.15, 0.2) is 60.7 Å². The quantitative estimate of drug-likeness (QED) is 0.161. The van der Waals surface area contributed by atoms with Crippen molar-refractivity contribution in [3.8, 4) is 0 Å². The molecule has 0 unspecified atom stereocenters. The van der Waals surface area contributed by atoms with Crippen LogP contribution < -0.4 is 0 Å². The molecule has 34 heavy (non-hydrogen) atoms. The van der Waals surface area contributed by atoms with Crippen molar-refractivity contribution in [3.05, 3.63) is 89.8 Å². The van der Waals surface area contributed by atoms with Gasteiger partial charge in [-0.3, -0.25) is 0 Å². The van der Waals surface area contributed by atoms with Crippen LogP contribution in [0.1, 0.15) is 75.6 Å². The first kappa shape index (κ1) is 33.3. The van der Waals surface area contributed by atoms with Crippen molar-refractivity contribution in [3.63, 3.8) is 0 Å². The van der Waals surface area contributed by atoms with E-state index in [-0.39, 0.29) is 0 Å². The first-order valence-corrected chi connectivity index (χ1v) is 18.9. The van der Waals surface area contributed by atoms with E-state index in [0.29, 0.717) is 11.8 Å². The minimum absolute atomic E-state index is 0.616. The van der Waals surface area contributed by atoms with Crippen LogP contribution in [-0.4, -0.2) is 10.2 Å². The fourth-order valence-corrected chi connectivity index (χ4v) is 3.82. The van der Waals surface area contributed by atoms with Gasteiger partial charge in [-0.2, -0.15) is 19.1 Å². The maximum absolute atomic E-state index is 4.93. The molecule has 0 saturated heterocycles. The number of fused-ring (bicyclic) bond motifs is 2. The van der Waals surface area contributed by atoms with Gasteiger partial charge in [0.15, 0.2) is 0 Å².